The molecule has 0 unspecified atom stereocenters. The van der Waals surface area contributed by atoms with Crippen LogP contribution in [-0.4, -0.2) is 11.6 Å². The Morgan fingerprint density at radius 2 is 2.00 bits per heavy atom. The number of rotatable bonds is 2. The molecule has 0 atom stereocenters. The lowest BCUT2D eigenvalue weighted by Gasteiger charge is -2.08. The van der Waals surface area contributed by atoms with E-state index in [0.717, 1.165) is 11.9 Å². The van der Waals surface area contributed by atoms with Crippen molar-refractivity contribution in [1.29, 1.82) is 0 Å². The van der Waals surface area contributed by atoms with E-state index in [-0.39, 0.29) is 5.39 Å². The number of hydrogen-bond donors (Lipinski definition) is 1. The monoisotopic (exact) mass is 224 g/mol. The van der Waals surface area contributed by atoms with E-state index >= 15 is 0 Å². The lowest BCUT2D eigenvalue weighted by molar-refractivity contribution is 0.0669. The minimum atomic E-state index is -2.81. The van der Waals surface area contributed by atoms with Crippen LogP contribution in [0.5, 0.6) is 0 Å². The fourth-order valence-electron chi connectivity index (χ4n) is 1.66. The highest BCUT2D eigenvalue weighted by atomic mass is 19.3. The molecule has 3 nitrogen and oxygen atoms in total. The highest BCUT2D eigenvalue weighted by Crippen LogP contribution is 2.21. The fraction of sp³-hybridized carbons (Fsp3) is 0.182. The predicted molar refractivity (Wildman–Crippen MR) is 59.0 cm³/mol. The van der Waals surface area contributed by atoms with Crippen LogP contribution in [0, 0.1) is 0 Å². The van der Waals surface area contributed by atoms with Gasteiger partial charge in [-0.25, -0.2) is 0 Å². The van der Waals surface area contributed by atoms with Gasteiger partial charge in [0.25, 0.3) is 5.56 Å². The van der Waals surface area contributed by atoms with E-state index < -0.39 is 12.1 Å². The van der Waals surface area contributed by atoms with Crippen LogP contribution >= 0.6 is 0 Å². The molecule has 0 amide bonds. The average molecular weight is 224 g/mol. The molecule has 0 bridgehead atoms. The van der Waals surface area contributed by atoms with Crippen molar-refractivity contribution in [1.82, 2.24) is 4.57 Å². The number of nitrogens with one attached hydrogen (secondary N) is 1. The summed E-state index contributed by atoms with van der Waals surface area (Å²) in [5.41, 5.74) is 0.0700. The van der Waals surface area contributed by atoms with Crippen molar-refractivity contribution < 1.29 is 8.78 Å². The molecule has 0 aliphatic rings. The zero-order valence-electron chi connectivity index (χ0n) is 8.58. The van der Waals surface area contributed by atoms with Gasteiger partial charge in [0, 0.05) is 29.7 Å². The summed E-state index contributed by atoms with van der Waals surface area (Å²) >= 11 is 0. The van der Waals surface area contributed by atoms with Crippen molar-refractivity contribution in [2.75, 3.05) is 12.4 Å². The van der Waals surface area contributed by atoms with Crippen LogP contribution in [0.25, 0.3) is 10.8 Å². The number of anilines is 1. The Morgan fingerprint density at radius 3 is 2.62 bits per heavy atom. The standard InChI is InChI=1S/C11H10F2N2O/c1-14-9-4-2-3-8-7(9)5-6-15(10(8)16)11(12)13/h2-6,11,14H,1H3. The smallest absolute Gasteiger partial charge is 0.321 e. The van der Waals surface area contributed by atoms with E-state index in [4.69, 9.17) is 0 Å². The van der Waals surface area contributed by atoms with Crippen LogP contribution in [0.1, 0.15) is 6.55 Å². The first kappa shape index (κ1) is 10.6. The SMILES string of the molecule is CNc1cccc2c(=O)n(C(F)F)ccc12. The quantitative estimate of drug-likeness (QED) is 0.850. The molecule has 84 valence electrons. The maximum absolute atomic E-state index is 12.5. The van der Waals surface area contributed by atoms with Crippen molar-refractivity contribution in [3.8, 4) is 0 Å². The molecule has 1 N–H and O–H groups in total. The third-order valence-corrected chi connectivity index (χ3v) is 2.45. The van der Waals surface area contributed by atoms with Gasteiger partial charge in [0.1, 0.15) is 0 Å². The second kappa shape index (κ2) is 3.92. The molecular formula is C11H10F2N2O. The summed E-state index contributed by atoms with van der Waals surface area (Å²) in [4.78, 5) is 11.7. The molecule has 0 saturated carbocycles. The van der Waals surface area contributed by atoms with Crippen LogP contribution < -0.4 is 10.9 Å². The molecule has 1 heterocycles. The third-order valence-electron chi connectivity index (χ3n) is 2.45. The summed E-state index contributed by atoms with van der Waals surface area (Å²) in [6.45, 7) is -2.81. The van der Waals surface area contributed by atoms with E-state index in [1.165, 1.54) is 12.1 Å². The number of alkyl halides is 2. The topological polar surface area (TPSA) is 34.0 Å². The van der Waals surface area contributed by atoms with Gasteiger partial charge in [-0.3, -0.25) is 9.36 Å². The fourth-order valence-corrected chi connectivity index (χ4v) is 1.66. The number of halogens is 2. The molecule has 0 aliphatic heterocycles. The number of aromatic nitrogens is 1. The summed E-state index contributed by atoms with van der Waals surface area (Å²) in [6, 6.07) is 6.49. The second-order valence-corrected chi connectivity index (χ2v) is 3.32. The van der Waals surface area contributed by atoms with Gasteiger partial charge in [-0.1, -0.05) is 6.07 Å². The van der Waals surface area contributed by atoms with Crippen molar-refractivity contribution in [3.63, 3.8) is 0 Å². The first-order valence-electron chi connectivity index (χ1n) is 4.75. The Bertz CT molecular complexity index is 578. The average Bonchev–Trinajstić information content (AvgIpc) is 2.28. The molecule has 5 heteroatoms. The predicted octanol–water partition coefficient (Wildman–Crippen LogP) is 2.44. The van der Waals surface area contributed by atoms with Crippen LogP contribution in [-0.2, 0) is 0 Å². The van der Waals surface area contributed by atoms with Crippen LogP contribution in [0.3, 0.4) is 0 Å². The summed E-state index contributed by atoms with van der Waals surface area (Å²) in [6.07, 6.45) is 1.11. The number of hydrogen-bond acceptors (Lipinski definition) is 2. The highest BCUT2D eigenvalue weighted by molar-refractivity contribution is 5.93. The van der Waals surface area contributed by atoms with Crippen LogP contribution in [0.15, 0.2) is 35.3 Å². The Morgan fingerprint density at radius 1 is 1.25 bits per heavy atom. The molecule has 0 aliphatic carbocycles. The lowest BCUT2D eigenvalue weighted by Crippen LogP contribution is -2.20. The van der Waals surface area contributed by atoms with E-state index in [9.17, 15) is 13.6 Å². The largest absolute Gasteiger partial charge is 0.388 e. The number of nitrogens with zero attached hydrogens (tertiary/aromatic N) is 1. The molecule has 16 heavy (non-hydrogen) atoms. The van der Waals surface area contributed by atoms with Crippen molar-refractivity contribution in [2.24, 2.45) is 0 Å². The van der Waals surface area contributed by atoms with E-state index in [1.807, 2.05) is 0 Å². The number of fused-ring (bicyclic) bond motifs is 1. The van der Waals surface area contributed by atoms with E-state index in [1.54, 1.807) is 19.2 Å². The zero-order chi connectivity index (χ0) is 11.7. The molecular weight excluding hydrogens is 214 g/mol. The van der Waals surface area contributed by atoms with E-state index in [2.05, 4.69) is 5.32 Å². The van der Waals surface area contributed by atoms with Crippen LogP contribution in [0.2, 0.25) is 0 Å². The van der Waals surface area contributed by atoms with E-state index in [0.29, 0.717) is 9.95 Å². The minimum Gasteiger partial charge on any atom is -0.388 e. The first-order valence-corrected chi connectivity index (χ1v) is 4.75. The molecule has 0 fully saturated rings. The van der Waals surface area contributed by atoms with Gasteiger partial charge in [-0.15, -0.1) is 0 Å². The molecule has 0 spiro atoms. The second-order valence-electron chi connectivity index (χ2n) is 3.32. The van der Waals surface area contributed by atoms with Crippen molar-refractivity contribution in [2.45, 2.75) is 6.55 Å². The first-order chi connectivity index (χ1) is 7.65. The maximum atomic E-state index is 12.5. The van der Waals surface area contributed by atoms with Gasteiger partial charge < -0.3 is 5.32 Å². The molecule has 0 radical (unpaired) electrons. The highest BCUT2D eigenvalue weighted by Gasteiger charge is 2.11. The molecule has 1 aromatic carbocycles. The molecule has 2 aromatic rings. The zero-order valence-corrected chi connectivity index (χ0v) is 8.58. The summed E-state index contributed by atoms with van der Waals surface area (Å²) in [5, 5.41) is 3.84. The van der Waals surface area contributed by atoms with Crippen molar-refractivity contribution in [3.05, 3.63) is 40.8 Å². The molecule has 1 aromatic heterocycles. The third kappa shape index (κ3) is 1.54. The Labute approximate surface area is 90.3 Å². The van der Waals surface area contributed by atoms with Crippen molar-refractivity contribution >= 4 is 16.5 Å². The Kier molecular flexibility index (Phi) is 2.60. The summed E-state index contributed by atoms with van der Waals surface area (Å²) in [5.74, 6) is 0. The maximum Gasteiger partial charge on any atom is 0.321 e. The normalized spacial score (nSPS) is 11.0. The van der Waals surface area contributed by atoms with Crippen LogP contribution in [0.4, 0.5) is 14.5 Å². The van der Waals surface area contributed by atoms with Gasteiger partial charge >= 0.3 is 6.55 Å². The van der Waals surface area contributed by atoms with Gasteiger partial charge in [0.15, 0.2) is 0 Å². The van der Waals surface area contributed by atoms with Gasteiger partial charge in [-0.05, 0) is 18.2 Å². The van der Waals surface area contributed by atoms with Gasteiger partial charge in [0.05, 0.1) is 0 Å². The summed E-state index contributed by atoms with van der Waals surface area (Å²) < 4.78 is 25.4. The van der Waals surface area contributed by atoms with Gasteiger partial charge in [0.2, 0.25) is 0 Å². The minimum absolute atomic E-state index is 0.287. The Hall–Kier alpha value is -1.91. The Balaban J connectivity index is 2.82. The molecule has 0 saturated heterocycles. The summed E-state index contributed by atoms with van der Waals surface area (Å²) in [7, 11) is 1.72. The number of pyridine rings is 1. The molecule has 2 rings (SSSR count). The number of benzene rings is 1. The lowest BCUT2D eigenvalue weighted by atomic mass is 10.1. The van der Waals surface area contributed by atoms with Gasteiger partial charge in [-0.2, -0.15) is 8.78 Å².